The average molecular weight is 221 g/mol. The van der Waals surface area contributed by atoms with E-state index >= 15 is 0 Å². The lowest BCUT2D eigenvalue weighted by molar-refractivity contribution is -0.137. The Hall–Kier alpha value is -2.00. The molecule has 0 aliphatic carbocycles. The molecule has 1 aromatic carbocycles. The number of hydrogen-bond acceptors (Lipinski definition) is 2. The Balaban J connectivity index is 0.00000225. The maximum Gasteiger partial charge on any atom is 0.303 e. The summed E-state index contributed by atoms with van der Waals surface area (Å²) in [5.74, 6) is -1.14. The summed E-state index contributed by atoms with van der Waals surface area (Å²) in [6.07, 6.45) is -0.0248. The maximum atomic E-state index is 10.6. The molecule has 0 saturated carbocycles. The van der Waals surface area contributed by atoms with E-state index in [4.69, 9.17) is 10.6 Å². The van der Waals surface area contributed by atoms with Crippen molar-refractivity contribution in [2.75, 3.05) is 6.54 Å². The lowest BCUT2D eigenvalue weighted by Crippen LogP contribution is -2.08. The molecule has 0 aliphatic heterocycles. The first-order valence-corrected chi connectivity index (χ1v) is 4.51. The SMILES string of the molecule is C.[N-]=[N+]=NCC(CC(=O)O)c1ccccc1. The number of aliphatic carboxylic acids is 1. The third-order valence-electron chi connectivity index (χ3n) is 2.06. The summed E-state index contributed by atoms with van der Waals surface area (Å²) in [6, 6.07) is 9.19. The van der Waals surface area contributed by atoms with Crippen LogP contribution in [0, 0.1) is 0 Å². The number of rotatable bonds is 5. The van der Waals surface area contributed by atoms with E-state index in [0.717, 1.165) is 5.56 Å². The van der Waals surface area contributed by atoms with E-state index in [9.17, 15) is 4.79 Å². The molecule has 16 heavy (non-hydrogen) atoms. The molecule has 0 amide bonds. The standard InChI is InChI=1S/C10H11N3O2.CH4/c11-13-12-7-9(6-10(14)15)8-4-2-1-3-5-8;/h1-5,9H,6-7H2,(H,14,15);1H4. The Kier molecular flexibility index (Phi) is 6.40. The van der Waals surface area contributed by atoms with Crippen LogP contribution in [0.5, 0.6) is 0 Å². The van der Waals surface area contributed by atoms with Crippen molar-refractivity contribution in [3.8, 4) is 0 Å². The van der Waals surface area contributed by atoms with Gasteiger partial charge in [-0.1, -0.05) is 42.9 Å². The number of benzene rings is 1. The molecule has 1 aromatic rings. The van der Waals surface area contributed by atoms with Gasteiger partial charge in [0.25, 0.3) is 0 Å². The van der Waals surface area contributed by atoms with Gasteiger partial charge >= 0.3 is 5.97 Å². The second-order valence-corrected chi connectivity index (χ2v) is 3.12. The second kappa shape index (κ2) is 7.31. The highest BCUT2D eigenvalue weighted by atomic mass is 16.4. The lowest BCUT2D eigenvalue weighted by atomic mass is 9.96. The summed E-state index contributed by atoms with van der Waals surface area (Å²) in [5.41, 5.74) is 9.09. The molecular formula is C11H15N3O2. The van der Waals surface area contributed by atoms with Crippen molar-refractivity contribution in [1.29, 1.82) is 0 Å². The lowest BCUT2D eigenvalue weighted by Gasteiger charge is -2.11. The van der Waals surface area contributed by atoms with Crippen LogP contribution >= 0.6 is 0 Å². The number of hydrogen-bond donors (Lipinski definition) is 1. The third-order valence-corrected chi connectivity index (χ3v) is 2.06. The largest absolute Gasteiger partial charge is 0.481 e. The van der Waals surface area contributed by atoms with Gasteiger partial charge in [-0.25, -0.2) is 0 Å². The van der Waals surface area contributed by atoms with Crippen molar-refractivity contribution in [2.45, 2.75) is 19.8 Å². The minimum absolute atomic E-state index is 0. The van der Waals surface area contributed by atoms with E-state index in [0.29, 0.717) is 0 Å². The van der Waals surface area contributed by atoms with Gasteiger partial charge < -0.3 is 5.11 Å². The molecule has 5 heteroatoms. The fourth-order valence-corrected chi connectivity index (χ4v) is 1.36. The highest BCUT2D eigenvalue weighted by molar-refractivity contribution is 5.68. The molecule has 0 fully saturated rings. The molecule has 0 radical (unpaired) electrons. The topological polar surface area (TPSA) is 86.1 Å². The second-order valence-electron chi connectivity index (χ2n) is 3.12. The van der Waals surface area contributed by atoms with Gasteiger partial charge in [-0.15, -0.1) is 0 Å². The molecule has 5 nitrogen and oxygen atoms in total. The number of carboxylic acids is 1. The van der Waals surface area contributed by atoms with Gasteiger partial charge in [0.2, 0.25) is 0 Å². The fraction of sp³-hybridized carbons (Fsp3) is 0.364. The quantitative estimate of drug-likeness (QED) is 0.470. The summed E-state index contributed by atoms with van der Waals surface area (Å²) in [4.78, 5) is 13.3. The van der Waals surface area contributed by atoms with Crippen LogP contribution < -0.4 is 0 Å². The summed E-state index contributed by atoms with van der Waals surface area (Å²) < 4.78 is 0. The Labute approximate surface area is 94.4 Å². The number of carboxylic acid groups (broad SMARTS) is 1. The van der Waals surface area contributed by atoms with Crippen LogP contribution in [0.4, 0.5) is 0 Å². The van der Waals surface area contributed by atoms with Gasteiger partial charge in [0.1, 0.15) is 0 Å². The smallest absolute Gasteiger partial charge is 0.303 e. The molecule has 1 atom stereocenters. The highest BCUT2D eigenvalue weighted by Gasteiger charge is 2.13. The minimum Gasteiger partial charge on any atom is -0.481 e. The molecule has 1 rings (SSSR count). The van der Waals surface area contributed by atoms with E-state index in [1.807, 2.05) is 30.3 Å². The predicted molar refractivity (Wildman–Crippen MR) is 62.2 cm³/mol. The molecular weight excluding hydrogens is 206 g/mol. The summed E-state index contributed by atoms with van der Waals surface area (Å²) >= 11 is 0. The van der Waals surface area contributed by atoms with Crippen LogP contribution in [0.3, 0.4) is 0 Å². The van der Waals surface area contributed by atoms with Crippen molar-refractivity contribution in [2.24, 2.45) is 5.11 Å². The minimum atomic E-state index is -0.892. The van der Waals surface area contributed by atoms with Crippen molar-refractivity contribution >= 4 is 5.97 Å². The fourth-order valence-electron chi connectivity index (χ4n) is 1.36. The normalized spacial score (nSPS) is 10.8. The number of carbonyl (C=O) groups is 1. The maximum absolute atomic E-state index is 10.6. The van der Waals surface area contributed by atoms with Crippen LogP contribution in [0.2, 0.25) is 0 Å². The van der Waals surface area contributed by atoms with Crippen LogP contribution in [-0.4, -0.2) is 17.6 Å². The van der Waals surface area contributed by atoms with E-state index < -0.39 is 5.97 Å². The predicted octanol–water partition coefficient (Wildman–Crippen LogP) is 3.19. The van der Waals surface area contributed by atoms with Crippen LogP contribution in [-0.2, 0) is 4.79 Å². The van der Waals surface area contributed by atoms with Crippen molar-refractivity contribution in [1.82, 2.24) is 0 Å². The van der Waals surface area contributed by atoms with Crippen LogP contribution in [0.25, 0.3) is 10.4 Å². The van der Waals surface area contributed by atoms with E-state index in [-0.39, 0.29) is 26.3 Å². The zero-order chi connectivity index (χ0) is 11.1. The van der Waals surface area contributed by atoms with Gasteiger partial charge in [0, 0.05) is 11.5 Å². The molecule has 1 unspecified atom stereocenters. The molecule has 0 bridgehead atoms. The Morgan fingerprint density at radius 1 is 1.44 bits per heavy atom. The zero-order valence-corrected chi connectivity index (χ0v) is 8.08. The first-order valence-electron chi connectivity index (χ1n) is 4.51. The molecule has 0 aromatic heterocycles. The molecule has 0 aliphatic rings. The van der Waals surface area contributed by atoms with Crippen LogP contribution in [0.15, 0.2) is 35.4 Å². The van der Waals surface area contributed by atoms with E-state index in [1.54, 1.807) is 0 Å². The van der Waals surface area contributed by atoms with Crippen molar-refractivity contribution in [3.05, 3.63) is 46.3 Å². The highest BCUT2D eigenvalue weighted by Crippen LogP contribution is 2.19. The molecule has 1 N–H and O–H groups in total. The number of nitrogens with zero attached hydrogens (tertiary/aromatic N) is 3. The third kappa shape index (κ3) is 4.48. The molecule has 0 saturated heterocycles. The van der Waals surface area contributed by atoms with Gasteiger partial charge in [0.15, 0.2) is 0 Å². The number of azide groups is 1. The van der Waals surface area contributed by atoms with Gasteiger partial charge in [-0.05, 0) is 17.0 Å². The van der Waals surface area contributed by atoms with Gasteiger partial charge in [0.05, 0.1) is 6.42 Å². The first-order chi connectivity index (χ1) is 7.24. The summed E-state index contributed by atoms with van der Waals surface area (Å²) in [5, 5.41) is 12.1. The van der Waals surface area contributed by atoms with Crippen molar-refractivity contribution < 1.29 is 9.90 Å². The Morgan fingerprint density at radius 2 is 2.06 bits per heavy atom. The van der Waals surface area contributed by atoms with E-state index in [2.05, 4.69) is 10.0 Å². The summed E-state index contributed by atoms with van der Waals surface area (Å²) in [6.45, 7) is 0.173. The Morgan fingerprint density at radius 3 is 2.56 bits per heavy atom. The summed E-state index contributed by atoms with van der Waals surface area (Å²) in [7, 11) is 0. The van der Waals surface area contributed by atoms with Crippen LogP contribution in [0.1, 0.15) is 25.3 Å². The molecule has 86 valence electrons. The van der Waals surface area contributed by atoms with E-state index in [1.165, 1.54) is 0 Å². The zero-order valence-electron chi connectivity index (χ0n) is 8.08. The molecule has 0 spiro atoms. The first kappa shape index (κ1) is 14.0. The van der Waals surface area contributed by atoms with Crippen molar-refractivity contribution in [3.63, 3.8) is 0 Å². The van der Waals surface area contributed by atoms with Gasteiger partial charge in [-0.3, -0.25) is 4.79 Å². The average Bonchev–Trinajstić information content (AvgIpc) is 2.25. The Bertz CT molecular complexity index is 368. The monoisotopic (exact) mass is 221 g/mol. The molecule has 0 heterocycles. The van der Waals surface area contributed by atoms with Gasteiger partial charge in [-0.2, -0.15) is 0 Å².